The first-order valence-corrected chi connectivity index (χ1v) is 4.28. The standard InChI is InChI=1S/C10H12N2/c1-3-6-12-10(9-4-5-9)8(2)7-11-12/h1,7,9H,4-6H2,2H3. The predicted octanol–water partition coefficient (Wildman–Crippen LogP) is 1.70. The van der Waals surface area contributed by atoms with Crippen molar-refractivity contribution < 1.29 is 0 Å². The molecule has 2 heteroatoms. The summed E-state index contributed by atoms with van der Waals surface area (Å²) in [7, 11) is 0. The molecule has 0 bridgehead atoms. The summed E-state index contributed by atoms with van der Waals surface area (Å²) in [6, 6.07) is 0. The van der Waals surface area contributed by atoms with Crippen LogP contribution in [0.15, 0.2) is 6.20 Å². The average molecular weight is 160 g/mol. The summed E-state index contributed by atoms with van der Waals surface area (Å²) in [5.41, 5.74) is 2.64. The van der Waals surface area contributed by atoms with Crippen molar-refractivity contribution in [3.05, 3.63) is 17.5 Å². The van der Waals surface area contributed by atoms with Crippen LogP contribution in [0.5, 0.6) is 0 Å². The van der Waals surface area contributed by atoms with Gasteiger partial charge in [-0.2, -0.15) is 5.10 Å². The fourth-order valence-corrected chi connectivity index (χ4v) is 1.59. The summed E-state index contributed by atoms with van der Waals surface area (Å²) in [4.78, 5) is 0. The van der Waals surface area contributed by atoms with E-state index in [0.717, 1.165) is 5.92 Å². The number of aryl methyl sites for hydroxylation is 1. The summed E-state index contributed by atoms with van der Waals surface area (Å²) in [5.74, 6) is 3.36. The second-order valence-electron chi connectivity index (χ2n) is 3.35. The zero-order chi connectivity index (χ0) is 8.55. The third kappa shape index (κ3) is 1.12. The molecular formula is C10H12N2. The lowest BCUT2D eigenvalue weighted by molar-refractivity contribution is 0.669. The molecule has 1 fully saturated rings. The Morgan fingerprint density at radius 2 is 2.50 bits per heavy atom. The molecule has 2 nitrogen and oxygen atoms in total. The second-order valence-corrected chi connectivity index (χ2v) is 3.35. The SMILES string of the molecule is C#CCn1ncc(C)c1C1CC1. The number of aromatic nitrogens is 2. The molecule has 1 aromatic rings. The molecule has 1 heterocycles. The minimum atomic E-state index is 0.611. The molecule has 1 aliphatic carbocycles. The average Bonchev–Trinajstić information content (AvgIpc) is 2.80. The van der Waals surface area contributed by atoms with E-state index in [1.165, 1.54) is 24.1 Å². The quantitative estimate of drug-likeness (QED) is 0.602. The van der Waals surface area contributed by atoms with E-state index in [0.29, 0.717) is 6.54 Å². The summed E-state index contributed by atoms with van der Waals surface area (Å²) in [6.07, 6.45) is 9.76. The largest absolute Gasteiger partial charge is 0.257 e. The Morgan fingerprint density at radius 3 is 3.08 bits per heavy atom. The van der Waals surface area contributed by atoms with Gasteiger partial charge in [0.25, 0.3) is 0 Å². The molecular weight excluding hydrogens is 148 g/mol. The zero-order valence-corrected chi connectivity index (χ0v) is 7.25. The molecule has 2 rings (SSSR count). The molecule has 12 heavy (non-hydrogen) atoms. The van der Waals surface area contributed by atoms with Crippen molar-refractivity contribution in [3.8, 4) is 12.3 Å². The van der Waals surface area contributed by atoms with Crippen LogP contribution in [0, 0.1) is 19.3 Å². The van der Waals surface area contributed by atoms with E-state index in [4.69, 9.17) is 6.42 Å². The number of hydrogen-bond donors (Lipinski definition) is 0. The first kappa shape index (κ1) is 7.42. The van der Waals surface area contributed by atoms with Gasteiger partial charge in [-0.05, 0) is 25.3 Å². The lowest BCUT2D eigenvalue weighted by atomic mass is 10.2. The van der Waals surface area contributed by atoms with E-state index < -0.39 is 0 Å². The Bertz CT molecular complexity index is 326. The molecule has 0 aliphatic heterocycles. The summed E-state index contributed by atoms with van der Waals surface area (Å²) >= 11 is 0. The van der Waals surface area contributed by atoms with Crippen molar-refractivity contribution in [2.45, 2.75) is 32.2 Å². The highest BCUT2D eigenvalue weighted by Gasteiger charge is 2.28. The third-order valence-corrected chi connectivity index (χ3v) is 2.28. The first-order valence-electron chi connectivity index (χ1n) is 4.28. The van der Waals surface area contributed by atoms with Crippen molar-refractivity contribution in [1.29, 1.82) is 0 Å². The maximum absolute atomic E-state index is 5.25. The summed E-state index contributed by atoms with van der Waals surface area (Å²) in [6.45, 7) is 2.72. The van der Waals surface area contributed by atoms with Crippen LogP contribution in [-0.4, -0.2) is 9.78 Å². The molecule has 0 N–H and O–H groups in total. The number of rotatable bonds is 2. The van der Waals surface area contributed by atoms with Crippen molar-refractivity contribution in [2.24, 2.45) is 0 Å². The van der Waals surface area contributed by atoms with Gasteiger partial charge in [0.05, 0.1) is 6.20 Å². The monoisotopic (exact) mass is 160 g/mol. The van der Waals surface area contributed by atoms with Gasteiger partial charge in [0.1, 0.15) is 6.54 Å². The maximum Gasteiger partial charge on any atom is 0.102 e. The van der Waals surface area contributed by atoms with Crippen LogP contribution in [0.1, 0.15) is 30.0 Å². The summed E-state index contributed by atoms with van der Waals surface area (Å²) in [5, 5.41) is 4.24. The molecule has 1 aliphatic rings. The van der Waals surface area contributed by atoms with Gasteiger partial charge in [-0.25, -0.2) is 0 Å². The van der Waals surface area contributed by atoms with E-state index >= 15 is 0 Å². The fourth-order valence-electron chi connectivity index (χ4n) is 1.59. The highest BCUT2D eigenvalue weighted by Crippen LogP contribution is 2.41. The lowest BCUT2D eigenvalue weighted by Crippen LogP contribution is -2.02. The van der Waals surface area contributed by atoms with Crippen molar-refractivity contribution in [2.75, 3.05) is 0 Å². The van der Waals surface area contributed by atoms with Gasteiger partial charge in [0.2, 0.25) is 0 Å². The maximum atomic E-state index is 5.25. The van der Waals surface area contributed by atoms with E-state index in [-0.39, 0.29) is 0 Å². The second kappa shape index (κ2) is 2.67. The molecule has 0 spiro atoms. The van der Waals surface area contributed by atoms with Crippen LogP contribution in [0.3, 0.4) is 0 Å². The molecule has 1 aromatic heterocycles. The van der Waals surface area contributed by atoms with Gasteiger partial charge >= 0.3 is 0 Å². The number of hydrogen-bond acceptors (Lipinski definition) is 1. The zero-order valence-electron chi connectivity index (χ0n) is 7.25. The van der Waals surface area contributed by atoms with Crippen LogP contribution in [-0.2, 0) is 6.54 Å². The molecule has 0 saturated heterocycles. The highest BCUT2D eigenvalue weighted by atomic mass is 15.3. The number of terminal acetylenes is 1. The van der Waals surface area contributed by atoms with E-state index in [9.17, 15) is 0 Å². The van der Waals surface area contributed by atoms with Crippen LogP contribution in [0.25, 0.3) is 0 Å². The van der Waals surface area contributed by atoms with E-state index in [1.54, 1.807) is 0 Å². The van der Waals surface area contributed by atoms with Crippen molar-refractivity contribution in [3.63, 3.8) is 0 Å². The summed E-state index contributed by atoms with van der Waals surface area (Å²) < 4.78 is 1.95. The molecule has 0 radical (unpaired) electrons. The van der Waals surface area contributed by atoms with Gasteiger partial charge in [-0.3, -0.25) is 4.68 Å². The molecule has 0 amide bonds. The van der Waals surface area contributed by atoms with Gasteiger partial charge in [-0.15, -0.1) is 6.42 Å². The molecule has 0 aromatic carbocycles. The molecule has 62 valence electrons. The Labute approximate surface area is 72.6 Å². The molecule has 1 saturated carbocycles. The minimum absolute atomic E-state index is 0.611. The fraction of sp³-hybridized carbons (Fsp3) is 0.500. The highest BCUT2D eigenvalue weighted by molar-refractivity contribution is 5.24. The van der Waals surface area contributed by atoms with Gasteiger partial charge < -0.3 is 0 Å². The van der Waals surface area contributed by atoms with E-state index in [1.807, 2.05) is 10.9 Å². The van der Waals surface area contributed by atoms with Crippen LogP contribution >= 0.6 is 0 Å². The first-order chi connectivity index (χ1) is 5.83. The lowest BCUT2D eigenvalue weighted by Gasteiger charge is -2.02. The van der Waals surface area contributed by atoms with Gasteiger partial charge in [-0.1, -0.05) is 5.92 Å². The van der Waals surface area contributed by atoms with Gasteiger partial charge in [0.15, 0.2) is 0 Å². The Balaban J connectivity index is 2.34. The topological polar surface area (TPSA) is 17.8 Å². The third-order valence-electron chi connectivity index (χ3n) is 2.28. The normalized spacial score (nSPS) is 16.0. The van der Waals surface area contributed by atoms with Crippen molar-refractivity contribution >= 4 is 0 Å². The minimum Gasteiger partial charge on any atom is -0.257 e. The van der Waals surface area contributed by atoms with Crippen LogP contribution in [0.4, 0.5) is 0 Å². The van der Waals surface area contributed by atoms with Gasteiger partial charge in [0, 0.05) is 11.6 Å². The molecule has 0 atom stereocenters. The van der Waals surface area contributed by atoms with Crippen LogP contribution < -0.4 is 0 Å². The number of nitrogens with zero attached hydrogens (tertiary/aromatic N) is 2. The van der Waals surface area contributed by atoms with Crippen molar-refractivity contribution in [1.82, 2.24) is 9.78 Å². The Morgan fingerprint density at radius 1 is 1.75 bits per heavy atom. The molecule has 0 unspecified atom stereocenters. The Kier molecular flexibility index (Phi) is 1.65. The van der Waals surface area contributed by atoms with E-state index in [2.05, 4.69) is 17.9 Å². The predicted molar refractivity (Wildman–Crippen MR) is 47.8 cm³/mol. The van der Waals surface area contributed by atoms with Crippen LogP contribution in [0.2, 0.25) is 0 Å². The Hall–Kier alpha value is -1.23. The smallest absolute Gasteiger partial charge is 0.102 e.